The lowest BCUT2D eigenvalue weighted by Gasteiger charge is -2.28. The highest BCUT2D eigenvalue weighted by molar-refractivity contribution is 5.92. The molecule has 194 valence electrons. The number of nitrogens with one attached hydrogen (secondary N) is 3. The van der Waals surface area contributed by atoms with Crippen molar-refractivity contribution < 1.29 is 9.53 Å². The highest BCUT2D eigenvalue weighted by Gasteiger charge is 2.11. The minimum Gasteiger partial charge on any atom is -0.378 e. The van der Waals surface area contributed by atoms with Gasteiger partial charge in [-0.25, -0.2) is 9.97 Å². The molecule has 0 saturated carbocycles. The van der Waals surface area contributed by atoms with E-state index in [4.69, 9.17) is 4.74 Å². The van der Waals surface area contributed by atoms with Crippen LogP contribution in [0.5, 0.6) is 0 Å². The molecule has 9 nitrogen and oxygen atoms in total. The van der Waals surface area contributed by atoms with E-state index in [0.717, 1.165) is 60.9 Å². The summed E-state index contributed by atoms with van der Waals surface area (Å²) in [6, 6.07) is 21.7. The molecule has 4 aromatic rings. The van der Waals surface area contributed by atoms with E-state index in [2.05, 4.69) is 47.9 Å². The average Bonchev–Trinajstić information content (AvgIpc) is 2.97. The van der Waals surface area contributed by atoms with Crippen LogP contribution in [0.1, 0.15) is 5.56 Å². The summed E-state index contributed by atoms with van der Waals surface area (Å²) in [7, 11) is 0. The summed E-state index contributed by atoms with van der Waals surface area (Å²) in [4.78, 5) is 27.7. The second-order valence-electron chi connectivity index (χ2n) is 8.95. The highest BCUT2D eigenvalue weighted by Crippen LogP contribution is 2.23. The van der Waals surface area contributed by atoms with Crippen molar-refractivity contribution >= 4 is 28.9 Å². The van der Waals surface area contributed by atoms with Gasteiger partial charge in [-0.2, -0.15) is 0 Å². The summed E-state index contributed by atoms with van der Waals surface area (Å²) in [5.74, 6) is 0.438. The number of anilines is 4. The Morgan fingerprint density at radius 1 is 0.921 bits per heavy atom. The molecule has 1 amide bonds. The number of benzene rings is 2. The first-order valence-electron chi connectivity index (χ1n) is 12.8. The molecule has 1 saturated heterocycles. The van der Waals surface area contributed by atoms with Gasteiger partial charge in [0.25, 0.3) is 0 Å². The summed E-state index contributed by atoms with van der Waals surface area (Å²) >= 11 is 0. The van der Waals surface area contributed by atoms with Crippen molar-refractivity contribution in [2.45, 2.75) is 6.42 Å². The van der Waals surface area contributed by atoms with Gasteiger partial charge < -0.3 is 25.6 Å². The molecule has 0 radical (unpaired) electrons. The molecule has 5 rings (SSSR count). The van der Waals surface area contributed by atoms with Crippen molar-refractivity contribution in [3.8, 4) is 11.3 Å². The van der Waals surface area contributed by atoms with Gasteiger partial charge in [0.15, 0.2) is 0 Å². The molecule has 9 heteroatoms. The van der Waals surface area contributed by atoms with Gasteiger partial charge in [-0.05, 0) is 67.1 Å². The minimum absolute atomic E-state index is 0.0860. The number of carbonyl (C=O) groups is 1. The molecule has 3 N–H and O–H groups in total. The van der Waals surface area contributed by atoms with Crippen LogP contribution in [0.15, 0.2) is 85.3 Å². The normalized spacial score (nSPS) is 13.2. The zero-order valence-electron chi connectivity index (χ0n) is 21.1. The lowest BCUT2D eigenvalue weighted by molar-refractivity contribution is -0.115. The van der Waals surface area contributed by atoms with E-state index < -0.39 is 0 Å². The highest BCUT2D eigenvalue weighted by atomic mass is 16.5. The minimum atomic E-state index is -0.0860. The Bertz CT molecular complexity index is 1310. The summed E-state index contributed by atoms with van der Waals surface area (Å²) in [5.41, 5.74) is 5.71. The standard InChI is InChI=1S/C29H31N7O2/c37-28(21-31-14-11-22-2-1-13-30-20-22)33-24-5-3-23(4-6-24)27-12-15-32-29(35-27)34-25-7-9-26(10-8-25)36-16-18-38-19-17-36/h1-10,12-13,15,20,31H,11,14,16-19,21H2,(H,33,37)(H,32,34,35). The number of nitrogens with zero attached hydrogens (tertiary/aromatic N) is 4. The Balaban J connectivity index is 1.12. The van der Waals surface area contributed by atoms with Gasteiger partial charge in [0.1, 0.15) is 0 Å². The maximum Gasteiger partial charge on any atom is 0.238 e. The van der Waals surface area contributed by atoms with Crippen molar-refractivity contribution in [3.63, 3.8) is 0 Å². The number of aromatic nitrogens is 3. The van der Waals surface area contributed by atoms with Gasteiger partial charge >= 0.3 is 0 Å². The second-order valence-corrected chi connectivity index (χ2v) is 8.95. The fourth-order valence-corrected chi connectivity index (χ4v) is 4.20. The average molecular weight is 510 g/mol. The summed E-state index contributed by atoms with van der Waals surface area (Å²) in [6.45, 7) is 4.29. The first-order valence-corrected chi connectivity index (χ1v) is 12.8. The summed E-state index contributed by atoms with van der Waals surface area (Å²) in [6.07, 6.45) is 6.15. The van der Waals surface area contributed by atoms with E-state index in [1.807, 2.05) is 60.8 Å². The third-order valence-electron chi connectivity index (χ3n) is 6.22. The van der Waals surface area contributed by atoms with Crippen LogP contribution in [0.2, 0.25) is 0 Å². The number of carbonyl (C=O) groups excluding carboxylic acids is 1. The van der Waals surface area contributed by atoms with E-state index in [-0.39, 0.29) is 12.5 Å². The fourth-order valence-electron chi connectivity index (χ4n) is 4.20. The molecule has 1 fully saturated rings. The first kappa shape index (κ1) is 25.3. The second kappa shape index (κ2) is 12.8. The molecule has 0 spiro atoms. The summed E-state index contributed by atoms with van der Waals surface area (Å²) in [5, 5.41) is 9.37. The lowest BCUT2D eigenvalue weighted by atomic mass is 10.1. The molecule has 0 unspecified atom stereocenters. The zero-order valence-corrected chi connectivity index (χ0v) is 21.1. The van der Waals surface area contributed by atoms with Gasteiger partial charge in [0.2, 0.25) is 11.9 Å². The molecule has 2 aromatic carbocycles. The maximum atomic E-state index is 12.3. The number of pyridine rings is 1. The Kier molecular flexibility index (Phi) is 8.50. The molecule has 38 heavy (non-hydrogen) atoms. The molecule has 0 aliphatic carbocycles. The number of hydrogen-bond donors (Lipinski definition) is 3. The quantitative estimate of drug-likeness (QED) is 0.277. The van der Waals surface area contributed by atoms with Crippen LogP contribution in [-0.2, 0) is 16.0 Å². The largest absolute Gasteiger partial charge is 0.378 e. The number of hydrogen-bond acceptors (Lipinski definition) is 8. The molecule has 1 aliphatic heterocycles. The van der Waals surface area contributed by atoms with Crippen LogP contribution < -0.4 is 20.9 Å². The Labute approximate surface area is 222 Å². The van der Waals surface area contributed by atoms with Crippen molar-refractivity contribution in [3.05, 3.63) is 90.9 Å². The van der Waals surface area contributed by atoms with Gasteiger partial charge in [0, 0.05) is 54.3 Å². The van der Waals surface area contributed by atoms with E-state index in [9.17, 15) is 4.79 Å². The van der Waals surface area contributed by atoms with E-state index >= 15 is 0 Å². The Morgan fingerprint density at radius 3 is 2.47 bits per heavy atom. The topological polar surface area (TPSA) is 104 Å². The zero-order chi connectivity index (χ0) is 26.0. The molecular formula is C29H31N7O2. The molecule has 3 heterocycles. The summed E-state index contributed by atoms with van der Waals surface area (Å²) < 4.78 is 5.43. The SMILES string of the molecule is O=C(CNCCc1cccnc1)Nc1ccc(-c2ccnc(Nc3ccc(N4CCOCC4)cc3)n2)cc1. The molecule has 0 bridgehead atoms. The first-order chi connectivity index (χ1) is 18.7. The van der Waals surface area contributed by atoms with Crippen molar-refractivity contribution in [1.82, 2.24) is 20.3 Å². The monoisotopic (exact) mass is 509 g/mol. The molecule has 1 aliphatic rings. The maximum absolute atomic E-state index is 12.3. The van der Waals surface area contributed by atoms with Gasteiger partial charge in [0.05, 0.1) is 25.5 Å². The van der Waals surface area contributed by atoms with Gasteiger partial charge in [-0.3, -0.25) is 9.78 Å². The number of rotatable bonds is 10. The van der Waals surface area contributed by atoms with Crippen LogP contribution in [0.4, 0.5) is 23.0 Å². The van der Waals surface area contributed by atoms with Crippen LogP contribution in [-0.4, -0.2) is 60.3 Å². The number of morpholine rings is 1. The molecule has 0 atom stereocenters. The fraction of sp³-hybridized carbons (Fsp3) is 0.241. The molecule has 2 aromatic heterocycles. The van der Waals surface area contributed by atoms with E-state index in [1.165, 1.54) is 5.69 Å². The van der Waals surface area contributed by atoms with Crippen molar-refractivity contribution in [2.75, 3.05) is 54.9 Å². The van der Waals surface area contributed by atoms with E-state index in [0.29, 0.717) is 12.5 Å². The third-order valence-corrected chi connectivity index (χ3v) is 6.22. The van der Waals surface area contributed by atoms with Crippen LogP contribution in [0, 0.1) is 0 Å². The van der Waals surface area contributed by atoms with Crippen molar-refractivity contribution in [2.24, 2.45) is 0 Å². The Hall–Kier alpha value is -4.34. The van der Waals surface area contributed by atoms with Crippen LogP contribution in [0.3, 0.4) is 0 Å². The number of ether oxygens (including phenoxy) is 1. The predicted octanol–water partition coefficient (Wildman–Crippen LogP) is 3.89. The Morgan fingerprint density at radius 2 is 1.71 bits per heavy atom. The van der Waals surface area contributed by atoms with Crippen LogP contribution in [0.25, 0.3) is 11.3 Å². The van der Waals surface area contributed by atoms with E-state index in [1.54, 1.807) is 12.4 Å². The van der Waals surface area contributed by atoms with Gasteiger partial charge in [-0.15, -0.1) is 0 Å². The smallest absolute Gasteiger partial charge is 0.238 e. The lowest BCUT2D eigenvalue weighted by Crippen LogP contribution is -2.36. The van der Waals surface area contributed by atoms with Crippen molar-refractivity contribution in [1.29, 1.82) is 0 Å². The van der Waals surface area contributed by atoms with Crippen LogP contribution >= 0.6 is 0 Å². The van der Waals surface area contributed by atoms with Gasteiger partial charge in [-0.1, -0.05) is 18.2 Å². The predicted molar refractivity (Wildman–Crippen MR) is 150 cm³/mol. The number of amides is 1. The third kappa shape index (κ3) is 7.12. The molecular weight excluding hydrogens is 478 g/mol.